The molecule has 2 unspecified atom stereocenters. The van der Waals surface area contributed by atoms with Crippen molar-refractivity contribution in [1.82, 2.24) is 66.6 Å². The van der Waals surface area contributed by atoms with Crippen LogP contribution in [0, 0.1) is 47.3 Å². The number of nitrogens with zero attached hydrogens (tertiary/aromatic N) is 6. The molecule has 0 saturated carbocycles. The standard InChI is InChI=1S/C71H127N13O16/c1-27-43(14)57-64(91)72-32-30-53(86)83(24)59(44(15)28-2)65(92)76-55(41(10)11)69(96)79(20)33-31-54(87)100-48(19)58(78-63(90)51(36-40(8)9)81(22)70(97)56(42(12)13)75-52(85)37-99-26)71(98)82(23)50(35-39(6)7)62(89)74-49(34-38(4)5)61(88)73-46(17)67(94)80(21)47(18)68(95)84(25)60(45(16)29-3)66(93)77-57/h38-51,55-60H,27-37H2,1-26H3,(H,72,91)(H,73,88)(H,74,89)(H,75,85)(H,76,92)(H,77,93)(H,78,90)/t43-,44-,45-,46-,47-,48+,49?,50+,51+,55+,56-,57+,58-,59?,60-/m0/s1. The molecule has 0 aliphatic carbocycles. The Hall–Kier alpha value is -7.46. The fraction of sp³-hybridized carbons (Fsp3) is 0.803. The molecule has 0 aromatic carbocycles. The van der Waals surface area contributed by atoms with Crippen molar-refractivity contribution < 1.29 is 76.6 Å². The number of nitrogens with one attached hydrogen (secondary N) is 7. The van der Waals surface area contributed by atoms with E-state index in [4.69, 9.17) is 9.47 Å². The van der Waals surface area contributed by atoms with E-state index in [1.807, 2.05) is 48.5 Å². The van der Waals surface area contributed by atoms with Crippen molar-refractivity contribution in [2.45, 2.75) is 255 Å². The lowest BCUT2D eigenvalue weighted by atomic mass is 9.93. The largest absolute Gasteiger partial charge is 0.460 e. The van der Waals surface area contributed by atoms with Crippen molar-refractivity contribution >= 4 is 82.8 Å². The summed E-state index contributed by atoms with van der Waals surface area (Å²) in [6.45, 7) is 32.0. The van der Waals surface area contributed by atoms with Gasteiger partial charge in [-0.1, -0.05) is 130 Å². The third-order valence-corrected chi connectivity index (χ3v) is 19.0. The Bertz CT molecular complexity index is 2780. The van der Waals surface area contributed by atoms with Crippen molar-refractivity contribution in [3.63, 3.8) is 0 Å². The molecule has 13 amide bonds. The van der Waals surface area contributed by atoms with E-state index in [1.165, 1.54) is 89.8 Å². The van der Waals surface area contributed by atoms with Gasteiger partial charge in [0.25, 0.3) is 0 Å². The van der Waals surface area contributed by atoms with Crippen LogP contribution in [0.25, 0.3) is 0 Å². The SMILES string of the molecule is CC[C@H](C)C1C(=O)N[C@H](C(C)C)C(=O)N(C)CCC(=O)O[C@H](C)[C@H](NC(=O)[C@@H](CC(C)C)N(C)C(=O)[C@@H](NC(=O)COC)C(C)C)C(=O)N(C)[C@H](CC(C)C)C(=O)NC(CC(C)C)C(=O)N[C@@H](C)C(=O)N(C)[C@@H](C)C(=O)N(C)[C@@H]([C@@H](C)CC)C(=O)N[C@H]([C@@H](C)CC)C(=O)NCCC(=O)N1C. The Morgan fingerprint density at radius 2 is 1.12 bits per heavy atom. The molecule has 100 heavy (non-hydrogen) atoms. The number of carbonyl (C=O) groups excluding carboxylic acids is 14. The average molecular weight is 1420 g/mol. The van der Waals surface area contributed by atoms with Crippen LogP contribution < -0.4 is 37.2 Å². The molecule has 29 heteroatoms. The highest BCUT2D eigenvalue weighted by molar-refractivity contribution is 5.99. The lowest BCUT2D eigenvalue weighted by Crippen LogP contribution is -2.63. The fourth-order valence-corrected chi connectivity index (χ4v) is 11.9. The van der Waals surface area contributed by atoms with Crippen LogP contribution in [-0.4, -0.2) is 254 Å². The van der Waals surface area contributed by atoms with E-state index < -0.39 is 191 Å². The van der Waals surface area contributed by atoms with Gasteiger partial charge in [-0.15, -0.1) is 0 Å². The molecule has 0 radical (unpaired) electrons. The van der Waals surface area contributed by atoms with Crippen LogP contribution in [0.1, 0.15) is 183 Å². The minimum absolute atomic E-state index is 0.00378. The molecule has 1 saturated heterocycles. The summed E-state index contributed by atoms with van der Waals surface area (Å²) < 4.78 is 10.9. The van der Waals surface area contributed by atoms with Crippen LogP contribution in [-0.2, 0) is 76.6 Å². The number of hydrogen-bond donors (Lipinski definition) is 7. The molecule has 1 rings (SSSR count). The molecule has 1 aliphatic heterocycles. The monoisotopic (exact) mass is 1420 g/mol. The summed E-state index contributed by atoms with van der Waals surface area (Å²) in [5.41, 5.74) is 0. The van der Waals surface area contributed by atoms with E-state index in [9.17, 15) is 62.3 Å². The first kappa shape index (κ1) is 90.6. The second-order valence-electron chi connectivity index (χ2n) is 29.4. The summed E-state index contributed by atoms with van der Waals surface area (Å²) in [7, 11) is 9.70. The molecule has 29 nitrogen and oxygen atoms in total. The van der Waals surface area contributed by atoms with Crippen LogP contribution in [0.4, 0.5) is 0 Å². The van der Waals surface area contributed by atoms with Gasteiger partial charge < -0.3 is 76.1 Å². The van der Waals surface area contributed by atoms with Gasteiger partial charge in [0.05, 0.1) is 6.42 Å². The molecule has 0 aromatic heterocycles. The Kier molecular flexibility index (Phi) is 38.7. The molecule has 572 valence electrons. The van der Waals surface area contributed by atoms with Crippen LogP contribution in [0.2, 0.25) is 0 Å². The second-order valence-corrected chi connectivity index (χ2v) is 29.4. The Labute approximate surface area is 595 Å². The first-order valence-electron chi connectivity index (χ1n) is 35.7. The number of rotatable bonds is 21. The van der Waals surface area contributed by atoms with Crippen LogP contribution >= 0.6 is 0 Å². The number of ether oxygens (including phenoxy) is 2. The van der Waals surface area contributed by atoms with E-state index in [0.717, 1.165) is 9.80 Å². The molecular weight excluding hydrogens is 1290 g/mol. The first-order valence-corrected chi connectivity index (χ1v) is 35.7. The van der Waals surface area contributed by atoms with E-state index in [0.29, 0.717) is 19.3 Å². The maximum Gasteiger partial charge on any atom is 0.307 e. The van der Waals surface area contributed by atoms with E-state index >= 15 is 4.79 Å². The van der Waals surface area contributed by atoms with Crippen LogP contribution in [0.15, 0.2) is 0 Å². The number of esters is 1. The first-order chi connectivity index (χ1) is 46.4. The molecule has 15 atom stereocenters. The molecule has 7 N–H and O–H groups in total. The molecular formula is C71H127N13O16. The molecule has 0 spiro atoms. The third-order valence-electron chi connectivity index (χ3n) is 19.0. The highest BCUT2D eigenvalue weighted by atomic mass is 16.5. The molecule has 1 fully saturated rings. The molecule has 1 heterocycles. The summed E-state index contributed by atoms with van der Waals surface area (Å²) in [4.78, 5) is 208. The summed E-state index contributed by atoms with van der Waals surface area (Å²) >= 11 is 0. The maximum absolute atomic E-state index is 15.4. The lowest BCUT2D eigenvalue weighted by Gasteiger charge is -2.37. The van der Waals surface area contributed by atoms with Crippen LogP contribution in [0.3, 0.4) is 0 Å². The average Bonchev–Trinajstić information content (AvgIpc) is 0.829. The van der Waals surface area contributed by atoms with Gasteiger partial charge >= 0.3 is 5.97 Å². The van der Waals surface area contributed by atoms with Crippen molar-refractivity contribution in [3.8, 4) is 0 Å². The van der Waals surface area contributed by atoms with Crippen molar-refractivity contribution in [1.29, 1.82) is 0 Å². The third kappa shape index (κ3) is 26.8. The van der Waals surface area contributed by atoms with Crippen molar-refractivity contribution in [2.24, 2.45) is 47.3 Å². The number of amides is 13. The number of likely N-dealkylation sites (N-methyl/N-ethyl adjacent to an activating group) is 6. The quantitative estimate of drug-likeness (QED) is 0.0812. The predicted molar refractivity (Wildman–Crippen MR) is 379 cm³/mol. The fourth-order valence-electron chi connectivity index (χ4n) is 11.9. The molecule has 0 bridgehead atoms. The van der Waals surface area contributed by atoms with Crippen LogP contribution in [0.5, 0.6) is 0 Å². The van der Waals surface area contributed by atoms with Gasteiger partial charge in [0.15, 0.2) is 0 Å². The van der Waals surface area contributed by atoms with Gasteiger partial charge in [-0.05, 0) is 87.4 Å². The molecule has 0 aromatic rings. The number of carbonyl (C=O) groups is 14. The summed E-state index contributed by atoms with van der Waals surface area (Å²) in [5, 5.41) is 19.4. The summed E-state index contributed by atoms with van der Waals surface area (Å²) in [5.74, 6) is -12.8. The second kappa shape index (κ2) is 42.7. The van der Waals surface area contributed by atoms with Crippen molar-refractivity contribution in [2.75, 3.05) is 69.1 Å². The number of hydrogen-bond acceptors (Lipinski definition) is 16. The summed E-state index contributed by atoms with van der Waals surface area (Å²) in [6.07, 6.45) is -0.829. The Balaban J connectivity index is 4.31. The normalized spacial score (nSPS) is 25.4. The zero-order chi connectivity index (χ0) is 77.2. The maximum atomic E-state index is 15.4. The smallest absolute Gasteiger partial charge is 0.307 e. The van der Waals surface area contributed by atoms with E-state index in [2.05, 4.69) is 37.2 Å². The minimum atomic E-state index is -1.77. The van der Waals surface area contributed by atoms with Crippen molar-refractivity contribution in [3.05, 3.63) is 0 Å². The van der Waals surface area contributed by atoms with Gasteiger partial charge in [-0.25, -0.2) is 0 Å². The van der Waals surface area contributed by atoms with Gasteiger partial charge in [-0.3, -0.25) is 67.1 Å². The summed E-state index contributed by atoms with van der Waals surface area (Å²) in [6, 6.07) is -13.8. The Morgan fingerprint density at radius 1 is 0.590 bits per heavy atom. The predicted octanol–water partition coefficient (Wildman–Crippen LogP) is 2.61. The number of methoxy groups -OCH3 is 1. The zero-order valence-corrected chi connectivity index (χ0v) is 65.0. The lowest BCUT2D eigenvalue weighted by molar-refractivity contribution is -0.157. The van der Waals surface area contributed by atoms with Gasteiger partial charge in [0, 0.05) is 68.9 Å². The zero-order valence-electron chi connectivity index (χ0n) is 65.0. The molecule has 1 aliphatic rings. The Morgan fingerprint density at radius 3 is 1.61 bits per heavy atom. The highest BCUT2D eigenvalue weighted by Crippen LogP contribution is 2.23. The van der Waals surface area contributed by atoms with Gasteiger partial charge in [0.2, 0.25) is 76.8 Å². The topological polar surface area (TPSA) is 361 Å². The van der Waals surface area contributed by atoms with E-state index in [1.54, 1.807) is 62.3 Å². The van der Waals surface area contributed by atoms with Gasteiger partial charge in [-0.2, -0.15) is 0 Å². The minimum Gasteiger partial charge on any atom is -0.460 e. The van der Waals surface area contributed by atoms with Gasteiger partial charge in [0.1, 0.15) is 79.2 Å². The highest BCUT2D eigenvalue weighted by Gasteiger charge is 2.44. The van der Waals surface area contributed by atoms with E-state index in [-0.39, 0.29) is 63.1 Å². The number of cyclic esters (lactones) is 1.